The first-order chi connectivity index (χ1) is 17.2. The zero-order valence-corrected chi connectivity index (χ0v) is 20.8. The predicted octanol–water partition coefficient (Wildman–Crippen LogP) is 5.53. The van der Waals surface area contributed by atoms with Gasteiger partial charge in [-0.05, 0) is 30.7 Å². The van der Waals surface area contributed by atoms with Crippen LogP contribution in [0.3, 0.4) is 0 Å². The van der Waals surface area contributed by atoms with Crippen molar-refractivity contribution in [2.24, 2.45) is 0 Å². The van der Waals surface area contributed by atoms with Gasteiger partial charge in [-0.3, -0.25) is 9.36 Å². The Labute approximate surface area is 209 Å². The highest BCUT2D eigenvalue weighted by molar-refractivity contribution is 7.98. The van der Waals surface area contributed by atoms with Gasteiger partial charge < -0.3 is 14.5 Å². The number of para-hydroxylation sites is 1. The van der Waals surface area contributed by atoms with E-state index in [9.17, 15) is 4.79 Å². The Morgan fingerprint density at radius 1 is 1.09 bits per heavy atom. The number of carbonyl (C=O) groups excluding carboxylic acids is 1. The molecule has 182 valence electrons. The zero-order chi connectivity index (χ0) is 24.5. The van der Waals surface area contributed by atoms with Gasteiger partial charge in [0.15, 0.2) is 16.7 Å². The normalized spacial score (nSPS) is 10.9. The molecule has 9 heteroatoms. The smallest absolute Gasteiger partial charge is 0.273 e. The molecule has 1 N–H and O–H groups in total. The van der Waals surface area contributed by atoms with Gasteiger partial charge in [-0.15, -0.1) is 10.2 Å². The van der Waals surface area contributed by atoms with Crippen LogP contribution in [0, 0.1) is 0 Å². The van der Waals surface area contributed by atoms with Crippen LogP contribution in [-0.4, -0.2) is 39.3 Å². The number of thioether (sulfide) groups is 1. The maximum absolute atomic E-state index is 12.3. The average molecular weight is 492 g/mol. The summed E-state index contributed by atoms with van der Waals surface area (Å²) in [5.74, 6) is 2.10. The van der Waals surface area contributed by atoms with Crippen molar-refractivity contribution in [2.75, 3.05) is 13.7 Å². The van der Waals surface area contributed by atoms with Gasteiger partial charge in [0.1, 0.15) is 12.0 Å². The largest absolute Gasteiger partial charge is 0.497 e. The fourth-order valence-electron chi connectivity index (χ4n) is 3.57. The van der Waals surface area contributed by atoms with Crippen LogP contribution in [0.25, 0.3) is 17.1 Å². The molecular formula is C26H29N5O3S. The van der Waals surface area contributed by atoms with Crippen LogP contribution in [0.2, 0.25) is 0 Å². The van der Waals surface area contributed by atoms with E-state index in [2.05, 4.69) is 27.4 Å². The lowest BCUT2D eigenvalue weighted by Gasteiger charge is -2.10. The summed E-state index contributed by atoms with van der Waals surface area (Å²) >= 11 is 1.44. The summed E-state index contributed by atoms with van der Waals surface area (Å²) in [7, 11) is 1.64. The highest BCUT2D eigenvalue weighted by Gasteiger charge is 2.18. The van der Waals surface area contributed by atoms with Gasteiger partial charge in [-0.2, -0.15) is 0 Å². The molecule has 0 aliphatic heterocycles. The fraction of sp³-hybridized carbons (Fsp3) is 0.308. The fourth-order valence-corrected chi connectivity index (χ4v) is 4.38. The van der Waals surface area contributed by atoms with Gasteiger partial charge in [-0.1, -0.05) is 68.3 Å². The number of aromatic nitrogens is 4. The minimum Gasteiger partial charge on any atom is -0.497 e. The highest BCUT2D eigenvalue weighted by Crippen LogP contribution is 2.31. The number of rotatable bonds is 12. The summed E-state index contributed by atoms with van der Waals surface area (Å²) in [6, 6.07) is 17.6. The molecule has 4 rings (SSSR count). The maximum atomic E-state index is 12.3. The minimum absolute atomic E-state index is 0.214. The molecule has 4 aromatic rings. The van der Waals surface area contributed by atoms with Crippen LogP contribution in [0.5, 0.6) is 5.75 Å². The molecule has 0 saturated heterocycles. The van der Waals surface area contributed by atoms with Gasteiger partial charge >= 0.3 is 0 Å². The van der Waals surface area contributed by atoms with Crippen LogP contribution < -0.4 is 10.1 Å². The molecule has 1 amide bonds. The molecule has 0 atom stereocenters. The molecule has 0 bridgehead atoms. The second-order valence-electron chi connectivity index (χ2n) is 7.94. The number of oxazole rings is 1. The zero-order valence-electron chi connectivity index (χ0n) is 19.9. The number of hydrogen-bond acceptors (Lipinski definition) is 7. The van der Waals surface area contributed by atoms with E-state index in [1.165, 1.54) is 24.4 Å². The lowest BCUT2D eigenvalue weighted by Crippen LogP contribution is -2.24. The first-order valence-corrected chi connectivity index (χ1v) is 12.7. The van der Waals surface area contributed by atoms with Crippen LogP contribution in [0.1, 0.15) is 49.0 Å². The number of ether oxygens (including phenoxy) is 1. The summed E-state index contributed by atoms with van der Waals surface area (Å²) in [5, 5.41) is 12.5. The molecule has 0 saturated carbocycles. The van der Waals surface area contributed by atoms with Crippen LogP contribution in [0.15, 0.2) is 70.4 Å². The summed E-state index contributed by atoms with van der Waals surface area (Å²) in [6.07, 6.45) is 5.81. The molecule has 2 aromatic carbocycles. The van der Waals surface area contributed by atoms with Crippen LogP contribution >= 0.6 is 11.8 Å². The predicted molar refractivity (Wildman–Crippen MR) is 136 cm³/mol. The SMILES string of the molecule is CCCCCCNC(=O)c1coc(CSc2nnc(-c3cccc(OC)c3)n2-c2ccccc2)n1. The van der Waals surface area contributed by atoms with E-state index in [0.29, 0.717) is 29.2 Å². The van der Waals surface area contributed by atoms with Gasteiger partial charge in [0.05, 0.1) is 12.9 Å². The topological polar surface area (TPSA) is 95.1 Å². The van der Waals surface area contributed by atoms with Crippen molar-refractivity contribution in [1.29, 1.82) is 0 Å². The van der Waals surface area contributed by atoms with Gasteiger partial charge in [0.2, 0.25) is 5.89 Å². The summed E-state index contributed by atoms with van der Waals surface area (Å²) < 4.78 is 12.9. The molecule has 0 aliphatic carbocycles. The number of unbranched alkanes of at least 4 members (excludes halogenated alkanes) is 3. The van der Waals surface area contributed by atoms with Crippen molar-refractivity contribution in [1.82, 2.24) is 25.1 Å². The van der Waals surface area contributed by atoms with Crippen molar-refractivity contribution >= 4 is 17.7 Å². The Morgan fingerprint density at radius 3 is 2.74 bits per heavy atom. The molecule has 0 unspecified atom stereocenters. The first kappa shape index (κ1) is 24.5. The Morgan fingerprint density at radius 2 is 1.94 bits per heavy atom. The van der Waals surface area contributed by atoms with Crippen LogP contribution in [0.4, 0.5) is 0 Å². The van der Waals surface area contributed by atoms with E-state index in [4.69, 9.17) is 9.15 Å². The van der Waals surface area contributed by atoms with Crippen molar-refractivity contribution in [3.05, 3.63) is 72.4 Å². The molecule has 0 fully saturated rings. The molecule has 0 aliphatic rings. The number of nitrogens with zero attached hydrogens (tertiary/aromatic N) is 4. The number of nitrogens with one attached hydrogen (secondary N) is 1. The Balaban J connectivity index is 1.48. The highest BCUT2D eigenvalue weighted by atomic mass is 32.2. The van der Waals surface area contributed by atoms with Gasteiger partial charge in [-0.25, -0.2) is 4.98 Å². The van der Waals surface area contributed by atoms with Crippen molar-refractivity contribution in [3.8, 4) is 22.8 Å². The van der Waals surface area contributed by atoms with E-state index < -0.39 is 0 Å². The average Bonchev–Trinajstić information content (AvgIpc) is 3.55. The van der Waals surface area contributed by atoms with Crippen molar-refractivity contribution < 1.29 is 13.9 Å². The van der Waals surface area contributed by atoms with Gasteiger partial charge in [0, 0.05) is 17.8 Å². The number of benzene rings is 2. The second-order valence-corrected chi connectivity index (χ2v) is 8.88. The van der Waals surface area contributed by atoms with E-state index >= 15 is 0 Å². The number of hydrogen-bond donors (Lipinski definition) is 1. The second kappa shape index (κ2) is 12.2. The third kappa shape index (κ3) is 6.30. The molecule has 2 heterocycles. The Bertz CT molecular complexity index is 1240. The molecule has 8 nitrogen and oxygen atoms in total. The summed E-state index contributed by atoms with van der Waals surface area (Å²) in [6.45, 7) is 2.80. The van der Waals surface area contributed by atoms with E-state index in [1.807, 2.05) is 59.2 Å². The Hall–Kier alpha value is -3.59. The number of methoxy groups -OCH3 is 1. The molecule has 0 radical (unpaired) electrons. The lowest BCUT2D eigenvalue weighted by atomic mass is 10.2. The molecule has 2 aromatic heterocycles. The van der Waals surface area contributed by atoms with E-state index in [1.54, 1.807) is 7.11 Å². The third-order valence-electron chi connectivity index (χ3n) is 5.40. The first-order valence-electron chi connectivity index (χ1n) is 11.7. The number of carbonyl (C=O) groups is 1. The standard InChI is InChI=1S/C26H29N5O3S/c1-3-4-5-9-15-27-25(32)22-17-34-23(28-22)18-35-26-30-29-24(19-11-10-14-21(16-19)33-2)31(26)20-12-7-6-8-13-20/h6-8,10-14,16-17H,3-5,9,15,18H2,1-2H3,(H,27,32). The summed E-state index contributed by atoms with van der Waals surface area (Å²) in [5.41, 5.74) is 2.12. The van der Waals surface area contributed by atoms with Crippen molar-refractivity contribution in [2.45, 2.75) is 43.5 Å². The van der Waals surface area contributed by atoms with E-state index in [0.717, 1.165) is 36.3 Å². The maximum Gasteiger partial charge on any atom is 0.273 e. The third-order valence-corrected chi connectivity index (χ3v) is 6.31. The molecule has 35 heavy (non-hydrogen) atoms. The quantitative estimate of drug-likeness (QED) is 0.206. The molecule has 0 spiro atoms. The van der Waals surface area contributed by atoms with Crippen LogP contribution in [-0.2, 0) is 5.75 Å². The summed E-state index contributed by atoms with van der Waals surface area (Å²) in [4.78, 5) is 16.7. The number of amides is 1. The minimum atomic E-state index is -0.214. The monoisotopic (exact) mass is 491 g/mol. The van der Waals surface area contributed by atoms with E-state index in [-0.39, 0.29) is 11.6 Å². The lowest BCUT2D eigenvalue weighted by molar-refractivity contribution is 0.0948. The van der Waals surface area contributed by atoms with Crippen molar-refractivity contribution in [3.63, 3.8) is 0 Å². The Kier molecular flexibility index (Phi) is 8.56. The van der Waals surface area contributed by atoms with Gasteiger partial charge in [0.25, 0.3) is 5.91 Å². The molecular weight excluding hydrogens is 462 g/mol.